The molecule has 0 rings (SSSR count). The molecule has 0 spiro atoms. The van der Waals surface area contributed by atoms with Gasteiger partial charge in [-0.25, -0.2) is 0 Å². The Balaban J connectivity index is 4.54. The number of carbonyl (C=O) groups excluding carboxylic acids is 2. The lowest BCUT2D eigenvalue weighted by atomic mass is 10.0. The summed E-state index contributed by atoms with van der Waals surface area (Å²) in [6.45, 7) is 6.49. The maximum atomic E-state index is 13.3. The van der Waals surface area contributed by atoms with Gasteiger partial charge in [-0.2, -0.15) is 0 Å². The molecule has 0 heterocycles. The maximum absolute atomic E-state index is 13.3. The lowest BCUT2D eigenvalue weighted by molar-refractivity contribution is -0.151. The van der Waals surface area contributed by atoms with Gasteiger partial charge in [0.25, 0.3) is 0 Å². The molecule has 3 unspecified atom stereocenters. The highest BCUT2D eigenvalue weighted by Crippen LogP contribution is 2.18. The smallest absolute Gasteiger partial charge is 0.306 e. The van der Waals surface area contributed by atoms with Gasteiger partial charge in [-0.05, 0) is 83.5 Å². The number of hydrogen-bond acceptors (Lipinski definition) is 5. The molecule has 6 heteroatoms. The predicted molar refractivity (Wildman–Crippen MR) is 296 cm³/mol. The summed E-state index contributed by atoms with van der Waals surface area (Å²) in [5, 5.41) is 23.9. The Kier molecular flexibility index (Phi) is 54.4. The molecule has 0 aliphatic heterocycles. The Labute approximate surface area is 424 Å². The first-order valence-electron chi connectivity index (χ1n) is 30.2. The van der Waals surface area contributed by atoms with E-state index in [4.69, 9.17) is 4.74 Å². The van der Waals surface area contributed by atoms with Crippen LogP contribution < -0.4 is 5.32 Å². The molecule has 3 N–H and O–H groups in total. The third kappa shape index (κ3) is 50.5. The summed E-state index contributed by atoms with van der Waals surface area (Å²) in [5.74, 6) is -0.477. The number of unbranched alkanes of at least 4 members (excludes halogenated alkanes) is 37. The number of hydrogen-bond donors (Lipinski definition) is 3. The van der Waals surface area contributed by atoms with Crippen LogP contribution in [0, 0.1) is 0 Å². The van der Waals surface area contributed by atoms with E-state index in [-0.39, 0.29) is 24.9 Å². The van der Waals surface area contributed by atoms with Gasteiger partial charge in [0.2, 0.25) is 5.91 Å². The summed E-state index contributed by atoms with van der Waals surface area (Å²) < 4.78 is 5.97. The lowest BCUT2D eigenvalue weighted by Gasteiger charge is -2.24. The summed E-state index contributed by atoms with van der Waals surface area (Å²) in [4.78, 5) is 26.3. The van der Waals surface area contributed by atoms with Gasteiger partial charge in [-0.1, -0.05) is 263 Å². The molecule has 6 nitrogen and oxygen atoms in total. The van der Waals surface area contributed by atoms with E-state index in [1.54, 1.807) is 0 Å². The van der Waals surface area contributed by atoms with Gasteiger partial charge >= 0.3 is 5.97 Å². The summed E-state index contributed by atoms with van der Waals surface area (Å²) in [6.07, 6.45) is 67.8. The van der Waals surface area contributed by atoms with E-state index in [1.807, 2.05) is 0 Å². The van der Waals surface area contributed by atoms with Gasteiger partial charge in [0.15, 0.2) is 0 Å². The fourth-order valence-electron chi connectivity index (χ4n) is 9.34. The minimum atomic E-state index is -0.791. The zero-order valence-corrected chi connectivity index (χ0v) is 45.8. The van der Waals surface area contributed by atoms with Gasteiger partial charge < -0.3 is 20.3 Å². The van der Waals surface area contributed by atoms with E-state index >= 15 is 0 Å². The van der Waals surface area contributed by atoms with Crippen molar-refractivity contribution in [2.75, 3.05) is 6.61 Å². The second-order valence-corrected chi connectivity index (χ2v) is 20.7. The van der Waals surface area contributed by atoms with E-state index < -0.39 is 18.2 Å². The molecule has 0 saturated carbocycles. The molecule has 400 valence electrons. The van der Waals surface area contributed by atoms with Crippen molar-refractivity contribution in [1.82, 2.24) is 5.32 Å². The molecule has 0 radical (unpaired) electrons. The molecule has 3 atom stereocenters. The molecule has 0 aliphatic rings. The number of allylic oxidation sites excluding steroid dienone is 6. The zero-order chi connectivity index (χ0) is 49.5. The first-order valence-corrected chi connectivity index (χ1v) is 30.2. The molecule has 0 aromatic heterocycles. The largest absolute Gasteiger partial charge is 0.462 e. The number of ether oxygens (including phenoxy) is 1. The van der Waals surface area contributed by atoms with Crippen molar-refractivity contribution in [3.8, 4) is 0 Å². The highest BCUT2D eigenvalue weighted by atomic mass is 16.5. The van der Waals surface area contributed by atoms with Gasteiger partial charge in [-0.3, -0.25) is 9.59 Å². The topological polar surface area (TPSA) is 95.9 Å². The first kappa shape index (κ1) is 66.1. The van der Waals surface area contributed by atoms with Crippen LogP contribution in [-0.2, 0) is 14.3 Å². The van der Waals surface area contributed by atoms with E-state index in [0.717, 1.165) is 64.2 Å². The highest BCUT2D eigenvalue weighted by Gasteiger charge is 2.24. The van der Waals surface area contributed by atoms with Crippen LogP contribution in [0.1, 0.15) is 323 Å². The van der Waals surface area contributed by atoms with Crippen LogP contribution in [-0.4, -0.2) is 46.9 Å². The first-order chi connectivity index (χ1) is 33.5. The molecule has 0 bridgehead atoms. The Morgan fingerprint density at radius 3 is 1.18 bits per heavy atom. The average Bonchev–Trinajstić information content (AvgIpc) is 3.33. The van der Waals surface area contributed by atoms with Crippen molar-refractivity contribution in [3.63, 3.8) is 0 Å². The number of aliphatic hydroxyl groups excluding tert-OH is 2. The summed E-state index contributed by atoms with van der Waals surface area (Å²) in [6, 6.07) is -0.706. The number of rotatable bonds is 55. The van der Waals surface area contributed by atoms with Gasteiger partial charge in [0.05, 0.1) is 25.2 Å². The number of nitrogens with one attached hydrogen (secondary N) is 1. The van der Waals surface area contributed by atoms with Crippen LogP contribution >= 0.6 is 0 Å². The minimum Gasteiger partial charge on any atom is -0.462 e. The predicted octanol–water partition coefficient (Wildman–Crippen LogP) is 18.8. The van der Waals surface area contributed by atoms with Crippen molar-refractivity contribution in [2.45, 2.75) is 341 Å². The fourth-order valence-corrected chi connectivity index (χ4v) is 9.34. The second-order valence-electron chi connectivity index (χ2n) is 20.7. The van der Waals surface area contributed by atoms with Crippen LogP contribution in [0.25, 0.3) is 0 Å². The quantitative estimate of drug-likeness (QED) is 0.0321. The molecule has 0 fully saturated rings. The number of esters is 1. The van der Waals surface area contributed by atoms with E-state index in [0.29, 0.717) is 19.3 Å². The van der Waals surface area contributed by atoms with Crippen molar-refractivity contribution in [1.29, 1.82) is 0 Å². The standard InChI is InChI=1S/C62H117NO5/c1-4-7-10-13-16-19-22-25-28-30-31-32-34-37-40-43-46-49-52-55-62(67)68-58(53-50-47-44-41-38-35-33-29-26-23-20-17-14-11-8-5-2)56-61(66)63-59(57-64)60(65)54-51-48-45-42-39-36-27-24-21-18-15-12-9-6-3/h16,19,25,28,35,38,58-60,64-65H,4-15,17-18,20-24,26-27,29-34,36-37,39-57H2,1-3H3,(H,63,66)/b19-16-,28-25-,38-35+. The monoisotopic (exact) mass is 956 g/mol. The van der Waals surface area contributed by atoms with E-state index in [1.165, 1.54) is 212 Å². The van der Waals surface area contributed by atoms with Crippen LogP contribution in [0.15, 0.2) is 36.5 Å². The number of aliphatic hydroxyl groups is 2. The second kappa shape index (κ2) is 56.0. The molecule has 68 heavy (non-hydrogen) atoms. The van der Waals surface area contributed by atoms with Crippen molar-refractivity contribution >= 4 is 11.9 Å². The third-order valence-electron chi connectivity index (χ3n) is 13.9. The molecular formula is C62H117NO5. The molecule has 0 aromatic carbocycles. The third-order valence-corrected chi connectivity index (χ3v) is 13.9. The Morgan fingerprint density at radius 1 is 0.426 bits per heavy atom. The normalized spacial score (nSPS) is 13.3. The SMILES string of the molecule is CCCCC/C=C\C/C=C\CCCCCCCCCCCC(=O)OC(CCCCC/C=C/CCCCCCCCCCC)CC(=O)NC(CO)C(O)CCCCCCCCCCCCCCCC. The van der Waals surface area contributed by atoms with Crippen LogP contribution in [0.4, 0.5) is 0 Å². The molecule has 1 amide bonds. The Morgan fingerprint density at radius 2 is 0.750 bits per heavy atom. The van der Waals surface area contributed by atoms with Crippen molar-refractivity contribution in [3.05, 3.63) is 36.5 Å². The van der Waals surface area contributed by atoms with Gasteiger partial charge in [0.1, 0.15) is 6.10 Å². The van der Waals surface area contributed by atoms with Crippen LogP contribution in [0.3, 0.4) is 0 Å². The highest BCUT2D eigenvalue weighted by molar-refractivity contribution is 5.77. The average molecular weight is 957 g/mol. The molecule has 0 saturated heterocycles. The van der Waals surface area contributed by atoms with E-state index in [9.17, 15) is 19.8 Å². The lowest BCUT2D eigenvalue weighted by Crippen LogP contribution is -2.46. The van der Waals surface area contributed by atoms with Gasteiger partial charge in [0, 0.05) is 6.42 Å². The molecule has 0 aliphatic carbocycles. The zero-order valence-electron chi connectivity index (χ0n) is 45.8. The molecular weight excluding hydrogens is 839 g/mol. The van der Waals surface area contributed by atoms with Gasteiger partial charge in [-0.15, -0.1) is 0 Å². The minimum absolute atomic E-state index is 0.0687. The maximum Gasteiger partial charge on any atom is 0.306 e. The van der Waals surface area contributed by atoms with Crippen LogP contribution in [0.2, 0.25) is 0 Å². The Bertz CT molecular complexity index is 1120. The number of carbonyl (C=O) groups is 2. The number of amides is 1. The fraction of sp³-hybridized carbons (Fsp3) is 0.871. The summed E-state index contributed by atoms with van der Waals surface area (Å²) in [5.41, 5.74) is 0. The summed E-state index contributed by atoms with van der Waals surface area (Å²) >= 11 is 0. The van der Waals surface area contributed by atoms with E-state index in [2.05, 4.69) is 62.5 Å². The van der Waals surface area contributed by atoms with Crippen LogP contribution in [0.5, 0.6) is 0 Å². The molecule has 0 aromatic rings. The van der Waals surface area contributed by atoms with Crippen molar-refractivity contribution < 1.29 is 24.5 Å². The van der Waals surface area contributed by atoms with Crippen molar-refractivity contribution in [2.24, 2.45) is 0 Å². The summed E-state index contributed by atoms with van der Waals surface area (Å²) in [7, 11) is 0. The Hall–Kier alpha value is -1.92.